The number of cyclic esters (lactones) is 1. The minimum absolute atomic E-state index is 0.00158. The molecular weight excluding hydrogens is 408 g/mol. The van der Waals surface area contributed by atoms with Crippen LogP contribution in [0.2, 0.25) is 0 Å². The Morgan fingerprint density at radius 3 is 2.56 bits per heavy atom. The number of nitro benzene ring substituents is 1. The quantitative estimate of drug-likeness (QED) is 0.293. The molecule has 0 radical (unpaired) electrons. The van der Waals surface area contributed by atoms with Gasteiger partial charge in [-0.2, -0.15) is 0 Å². The normalized spacial score (nSPS) is 22.8. The van der Waals surface area contributed by atoms with Crippen molar-refractivity contribution in [2.24, 2.45) is 11.3 Å². The molecule has 0 bridgehead atoms. The summed E-state index contributed by atoms with van der Waals surface area (Å²) in [7, 11) is 0. The lowest BCUT2D eigenvalue weighted by atomic mass is 9.75. The van der Waals surface area contributed by atoms with E-state index >= 15 is 0 Å². The van der Waals surface area contributed by atoms with E-state index < -0.39 is 16.3 Å². The Balaban J connectivity index is 1.44. The van der Waals surface area contributed by atoms with E-state index in [4.69, 9.17) is 4.74 Å². The Bertz CT molecular complexity index is 1060. The van der Waals surface area contributed by atoms with Crippen molar-refractivity contribution < 1.29 is 19.2 Å². The van der Waals surface area contributed by atoms with Gasteiger partial charge in [0.2, 0.25) is 5.91 Å². The van der Waals surface area contributed by atoms with E-state index in [2.05, 4.69) is 11.9 Å². The van der Waals surface area contributed by atoms with E-state index in [0.717, 1.165) is 23.1 Å². The summed E-state index contributed by atoms with van der Waals surface area (Å²) in [5.74, 6) is -0.520. The Kier molecular flexibility index (Phi) is 5.82. The molecular formula is C25H26N2O5. The van der Waals surface area contributed by atoms with Crippen molar-refractivity contribution in [3.8, 4) is 0 Å². The second-order valence-electron chi connectivity index (χ2n) is 8.75. The van der Waals surface area contributed by atoms with Crippen LogP contribution in [0, 0.1) is 21.4 Å². The summed E-state index contributed by atoms with van der Waals surface area (Å²) in [6.45, 7) is 6.45. The third kappa shape index (κ3) is 4.02. The highest BCUT2D eigenvalue weighted by Gasteiger charge is 2.55. The van der Waals surface area contributed by atoms with E-state index in [0.29, 0.717) is 31.6 Å². The van der Waals surface area contributed by atoms with Crippen molar-refractivity contribution in [1.29, 1.82) is 0 Å². The Hall–Kier alpha value is -3.48. The maximum atomic E-state index is 12.8. The van der Waals surface area contributed by atoms with Crippen LogP contribution >= 0.6 is 0 Å². The van der Waals surface area contributed by atoms with E-state index in [1.165, 1.54) is 12.1 Å². The second-order valence-corrected chi connectivity index (χ2v) is 8.75. The van der Waals surface area contributed by atoms with Gasteiger partial charge < -0.3 is 10.1 Å². The SMILES string of the molecule is C=C1CC2COC(=O)C2(Cc2ccc(NC(=O)C(CC)c3ccc([N+](=O)[O-])cc3)cc2)C1. The lowest BCUT2D eigenvalue weighted by Gasteiger charge is -2.24. The summed E-state index contributed by atoms with van der Waals surface area (Å²) in [6.07, 6.45) is 2.67. The zero-order chi connectivity index (χ0) is 22.9. The maximum Gasteiger partial charge on any atom is 0.313 e. The van der Waals surface area contributed by atoms with Gasteiger partial charge in [0.15, 0.2) is 0 Å². The summed E-state index contributed by atoms with van der Waals surface area (Å²) in [4.78, 5) is 35.7. The number of rotatable bonds is 7. The average molecular weight is 434 g/mol. The number of ether oxygens (including phenoxy) is 1. The molecule has 1 N–H and O–H groups in total. The van der Waals surface area contributed by atoms with Gasteiger partial charge >= 0.3 is 5.97 Å². The lowest BCUT2D eigenvalue weighted by Crippen LogP contribution is -2.31. The summed E-state index contributed by atoms with van der Waals surface area (Å²) in [6, 6.07) is 13.6. The van der Waals surface area contributed by atoms with E-state index in [9.17, 15) is 19.7 Å². The lowest BCUT2D eigenvalue weighted by molar-refractivity contribution is -0.384. The van der Waals surface area contributed by atoms with Crippen LogP contribution in [0.1, 0.15) is 43.2 Å². The van der Waals surface area contributed by atoms with Crippen LogP contribution < -0.4 is 5.32 Å². The maximum absolute atomic E-state index is 12.8. The smallest absolute Gasteiger partial charge is 0.313 e. The Labute approximate surface area is 186 Å². The standard InChI is InChI=1S/C25H26N2O5/c1-3-22(18-6-10-21(11-7-18)27(30)31)23(28)26-20-8-4-17(5-9-20)14-25-13-16(2)12-19(25)15-32-24(25)29/h4-11,19,22H,2-3,12-15H2,1H3,(H,26,28). The first kappa shape index (κ1) is 21.7. The average Bonchev–Trinajstić information content (AvgIpc) is 3.24. The number of benzene rings is 2. The van der Waals surface area contributed by atoms with Crippen LogP contribution in [0.3, 0.4) is 0 Å². The van der Waals surface area contributed by atoms with Crippen molar-refractivity contribution in [2.75, 3.05) is 11.9 Å². The molecule has 0 aromatic heterocycles. The minimum Gasteiger partial charge on any atom is -0.465 e. The van der Waals surface area contributed by atoms with Crippen molar-refractivity contribution in [3.05, 3.63) is 81.9 Å². The molecule has 4 rings (SSSR count). The second kappa shape index (κ2) is 8.57. The number of nitrogens with one attached hydrogen (secondary N) is 1. The topological polar surface area (TPSA) is 98.5 Å². The van der Waals surface area contributed by atoms with Gasteiger partial charge in [0, 0.05) is 23.7 Å². The van der Waals surface area contributed by atoms with Crippen molar-refractivity contribution in [2.45, 2.75) is 38.5 Å². The number of fused-ring (bicyclic) bond motifs is 1. The zero-order valence-corrected chi connectivity index (χ0v) is 18.0. The first-order valence-electron chi connectivity index (χ1n) is 10.8. The fraction of sp³-hybridized carbons (Fsp3) is 0.360. The van der Waals surface area contributed by atoms with Gasteiger partial charge in [-0.15, -0.1) is 0 Å². The van der Waals surface area contributed by atoms with Gasteiger partial charge in [-0.3, -0.25) is 19.7 Å². The molecule has 0 spiro atoms. The minimum atomic E-state index is -0.509. The molecule has 2 aliphatic rings. The molecule has 2 fully saturated rings. The molecule has 1 aliphatic carbocycles. The molecule has 3 unspecified atom stereocenters. The number of non-ortho nitro benzene ring substituents is 1. The number of nitro groups is 1. The highest BCUT2D eigenvalue weighted by atomic mass is 16.6. The molecule has 7 nitrogen and oxygen atoms in total. The van der Waals surface area contributed by atoms with Gasteiger partial charge in [0.05, 0.1) is 22.9 Å². The van der Waals surface area contributed by atoms with Crippen LogP contribution in [-0.4, -0.2) is 23.4 Å². The number of allylic oxidation sites excluding steroid dienone is 1. The first-order valence-corrected chi connectivity index (χ1v) is 10.8. The molecule has 1 saturated heterocycles. The molecule has 1 saturated carbocycles. The molecule has 166 valence electrons. The third-order valence-corrected chi connectivity index (χ3v) is 6.68. The van der Waals surface area contributed by atoms with Crippen LogP contribution in [0.25, 0.3) is 0 Å². The summed E-state index contributed by atoms with van der Waals surface area (Å²) >= 11 is 0. The van der Waals surface area contributed by atoms with E-state index in [1.54, 1.807) is 12.1 Å². The zero-order valence-electron chi connectivity index (χ0n) is 18.0. The monoisotopic (exact) mass is 434 g/mol. The first-order chi connectivity index (χ1) is 15.3. The van der Waals surface area contributed by atoms with E-state index in [1.807, 2.05) is 31.2 Å². The number of nitrogens with zero attached hydrogens (tertiary/aromatic N) is 1. The van der Waals surface area contributed by atoms with Crippen LogP contribution in [-0.2, 0) is 20.7 Å². The van der Waals surface area contributed by atoms with Gasteiger partial charge in [-0.1, -0.05) is 43.3 Å². The molecule has 2 aromatic carbocycles. The molecule has 7 heteroatoms. The largest absolute Gasteiger partial charge is 0.465 e. The van der Waals surface area contributed by atoms with Crippen molar-refractivity contribution >= 4 is 23.3 Å². The number of carbonyl (C=O) groups is 2. The Morgan fingerprint density at radius 2 is 1.94 bits per heavy atom. The van der Waals surface area contributed by atoms with Gasteiger partial charge in [0.1, 0.15) is 0 Å². The van der Waals surface area contributed by atoms with Crippen LogP contribution in [0.5, 0.6) is 0 Å². The number of amides is 1. The summed E-state index contributed by atoms with van der Waals surface area (Å²) in [5.41, 5.74) is 3.01. The van der Waals surface area contributed by atoms with Gasteiger partial charge in [-0.05, 0) is 48.9 Å². The fourth-order valence-electron chi connectivity index (χ4n) is 4.96. The number of carbonyl (C=O) groups excluding carboxylic acids is 2. The molecule has 1 heterocycles. The number of esters is 1. The summed E-state index contributed by atoms with van der Waals surface area (Å²) in [5, 5.41) is 13.8. The molecule has 1 amide bonds. The predicted octanol–water partition coefficient (Wildman–Crippen LogP) is 4.78. The molecule has 3 atom stereocenters. The number of anilines is 1. The van der Waals surface area contributed by atoms with Gasteiger partial charge in [-0.25, -0.2) is 0 Å². The van der Waals surface area contributed by atoms with Crippen LogP contribution in [0.4, 0.5) is 11.4 Å². The predicted molar refractivity (Wildman–Crippen MR) is 120 cm³/mol. The van der Waals surface area contributed by atoms with Gasteiger partial charge in [0.25, 0.3) is 5.69 Å². The summed E-state index contributed by atoms with van der Waals surface area (Å²) < 4.78 is 5.35. The number of hydrogen-bond donors (Lipinski definition) is 1. The molecule has 32 heavy (non-hydrogen) atoms. The van der Waals surface area contributed by atoms with Crippen molar-refractivity contribution in [1.82, 2.24) is 0 Å². The van der Waals surface area contributed by atoms with Crippen molar-refractivity contribution in [3.63, 3.8) is 0 Å². The molecule has 1 aliphatic heterocycles. The number of hydrogen-bond acceptors (Lipinski definition) is 5. The third-order valence-electron chi connectivity index (χ3n) is 6.68. The van der Waals surface area contributed by atoms with Crippen LogP contribution in [0.15, 0.2) is 60.7 Å². The highest BCUT2D eigenvalue weighted by molar-refractivity contribution is 5.95. The Morgan fingerprint density at radius 1 is 1.25 bits per heavy atom. The molecule has 2 aromatic rings. The highest BCUT2D eigenvalue weighted by Crippen LogP contribution is 2.52. The van der Waals surface area contributed by atoms with E-state index in [-0.39, 0.29) is 23.5 Å². The fourth-order valence-corrected chi connectivity index (χ4v) is 4.96.